The maximum absolute atomic E-state index is 12.6. The third-order valence-corrected chi connectivity index (χ3v) is 5.34. The summed E-state index contributed by atoms with van der Waals surface area (Å²) >= 11 is 1.56. The minimum absolute atomic E-state index is 0.0326. The number of hydrogen-bond acceptors (Lipinski definition) is 4. The third-order valence-electron chi connectivity index (χ3n) is 4.30. The van der Waals surface area contributed by atoms with Crippen molar-refractivity contribution in [3.05, 3.63) is 64.7 Å². The van der Waals surface area contributed by atoms with Gasteiger partial charge in [-0.15, -0.1) is 11.3 Å². The van der Waals surface area contributed by atoms with E-state index in [9.17, 15) is 9.59 Å². The van der Waals surface area contributed by atoms with Crippen molar-refractivity contribution in [2.45, 2.75) is 33.4 Å². The number of aromatic nitrogens is 1. The molecule has 0 fully saturated rings. The number of para-hydroxylation sites is 1. The molecule has 0 saturated heterocycles. The van der Waals surface area contributed by atoms with Gasteiger partial charge in [-0.25, -0.2) is 4.98 Å². The Balaban J connectivity index is 1.64. The summed E-state index contributed by atoms with van der Waals surface area (Å²) < 4.78 is 1.09. The second-order valence-corrected chi connectivity index (χ2v) is 7.97. The van der Waals surface area contributed by atoms with Crippen LogP contribution in [0.4, 0.5) is 0 Å². The topological polar surface area (TPSA) is 71.1 Å². The predicted octanol–water partition coefficient (Wildman–Crippen LogP) is 3.68. The Morgan fingerprint density at radius 1 is 1.07 bits per heavy atom. The molecule has 0 spiro atoms. The molecule has 2 N–H and O–H groups in total. The summed E-state index contributed by atoms with van der Waals surface area (Å²) in [5.41, 5.74) is 2.56. The molecule has 1 unspecified atom stereocenters. The van der Waals surface area contributed by atoms with Gasteiger partial charge in [-0.05, 0) is 37.1 Å². The standard InChI is InChI=1S/C21H23N3O2S/c1-13(2)19(24-20(25)15-10-8-14(3)9-11-15)21(26)22-12-18-23-16-6-4-5-7-17(16)27-18/h4-11,13,19H,12H2,1-3H3,(H,22,26)(H,24,25). The zero-order valence-electron chi connectivity index (χ0n) is 15.7. The molecule has 27 heavy (non-hydrogen) atoms. The Morgan fingerprint density at radius 3 is 2.44 bits per heavy atom. The fraction of sp³-hybridized carbons (Fsp3) is 0.286. The highest BCUT2D eigenvalue weighted by Gasteiger charge is 2.24. The van der Waals surface area contributed by atoms with Crippen LogP contribution in [0.15, 0.2) is 48.5 Å². The van der Waals surface area contributed by atoms with Crippen LogP contribution < -0.4 is 10.6 Å². The van der Waals surface area contributed by atoms with Gasteiger partial charge in [0, 0.05) is 5.56 Å². The molecule has 0 bridgehead atoms. The van der Waals surface area contributed by atoms with Crippen LogP contribution in [0.25, 0.3) is 10.2 Å². The van der Waals surface area contributed by atoms with E-state index in [1.54, 1.807) is 23.5 Å². The van der Waals surface area contributed by atoms with Crippen LogP contribution in [0.3, 0.4) is 0 Å². The summed E-state index contributed by atoms with van der Waals surface area (Å²) in [5, 5.41) is 6.59. The van der Waals surface area contributed by atoms with Gasteiger partial charge in [0.15, 0.2) is 0 Å². The lowest BCUT2D eigenvalue weighted by atomic mass is 10.0. The zero-order valence-corrected chi connectivity index (χ0v) is 16.5. The molecule has 2 amide bonds. The number of aryl methyl sites for hydroxylation is 1. The molecule has 0 aliphatic rings. The maximum atomic E-state index is 12.6. The molecule has 0 aliphatic heterocycles. The van der Waals surface area contributed by atoms with Crippen molar-refractivity contribution in [1.82, 2.24) is 15.6 Å². The molecular weight excluding hydrogens is 358 g/mol. The van der Waals surface area contributed by atoms with E-state index >= 15 is 0 Å². The van der Waals surface area contributed by atoms with E-state index in [0.717, 1.165) is 20.8 Å². The fourth-order valence-electron chi connectivity index (χ4n) is 2.73. The lowest BCUT2D eigenvalue weighted by molar-refractivity contribution is -0.124. The highest BCUT2D eigenvalue weighted by atomic mass is 32.1. The summed E-state index contributed by atoms with van der Waals surface area (Å²) in [7, 11) is 0. The average molecular weight is 382 g/mol. The van der Waals surface area contributed by atoms with Crippen LogP contribution in [0, 0.1) is 12.8 Å². The molecule has 1 heterocycles. The molecule has 2 aromatic carbocycles. The van der Waals surface area contributed by atoms with E-state index in [1.165, 1.54) is 0 Å². The summed E-state index contributed by atoms with van der Waals surface area (Å²) in [6.45, 7) is 6.14. The van der Waals surface area contributed by atoms with Crippen LogP contribution in [0.5, 0.6) is 0 Å². The fourth-order valence-corrected chi connectivity index (χ4v) is 3.64. The number of hydrogen-bond donors (Lipinski definition) is 2. The van der Waals surface area contributed by atoms with Gasteiger partial charge in [-0.3, -0.25) is 9.59 Å². The molecule has 3 aromatic rings. The van der Waals surface area contributed by atoms with Gasteiger partial charge in [-0.1, -0.05) is 43.7 Å². The molecular formula is C21H23N3O2S. The number of fused-ring (bicyclic) bond motifs is 1. The van der Waals surface area contributed by atoms with Crippen LogP contribution in [0.2, 0.25) is 0 Å². The van der Waals surface area contributed by atoms with E-state index in [4.69, 9.17) is 0 Å². The number of amides is 2. The van der Waals surface area contributed by atoms with Crippen LogP contribution in [-0.4, -0.2) is 22.8 Å². The van der Waals surface area contributed by atoms with Gasteiger partial charge in [0.2, 0.25) is 5.91 Å². The van der Waals surface area contributed by atoms with Gasteiger partial charge in [0.25, 0.3) is 5.91 Å². The first kappa shape index (κ1) is 19.0. The van der Waals surface area contributed by atoms with E-state index in [0.29, 0.717) is 12.1 Å². The molecule has 140 valence electrons. The number of rotatable bonds is 6. The molecule has 5 nitrogen and oxygen atoms in total. The van der Waals surface area contributed by atoms with Crippen molar-refractivity contribution in [3.8, 4) is 0 Å². The Bertz CT molecular complexity index is 914. The molecule has 6 heteroatoms. The summed E-state index contributed by atoms with van der Waals surface area (Å²) in [6, 6.07) is 14.6. The van der Waals surface area contributed by atoms with Gasteiger partial charge in [0.1, 0.15) is 11.0 Å². The second kappa shape index (κ2) is 8.31. The highest BCUT2D eigenvalue weighted by Crippen LogP contribution is 2.21. The number of nitrogens with one attached hydrogen (secondary N) is 2. The zero-order chi connectivity index (χ0) is 19.4. The number of benzene rings is 2. The first-order valence-corrected chi connectivity index (χ1v) is 9.75. The molecule has 0 radical (unpaired) electrons. The first-order valence-electron chi connectivity index (χ1n) is 8.93. The van der Waals surface area contributed by atoms with Crippen LogP contribution >= 0.6 is 11.3 Å². The molecule has 1 aromatic heterocycles. The van der Waals surface area contributed by atoms with E-state index in [-0.39, 0.29) is 17.7 Å². The van der Waals surface area contributed by atoms with Crippen molar-refractivity contribution < 1.29 is 9.59 Å². The highest BCUT2D eigenvalue weighted by molar-refractivity contribution is 7.18. The number of carbonyl (C=O) groups excluding carboxylic acids is 2. The molecule has 3 rings (SSSR count). The smallest absolute Gasteiger partial charge is 0.251 e. The predicted molar refractivity (Wildman–Crippen MR) is 109 cm³/mol. The van der Waals surface area contributed by atoms with E-state index in [1.807, 2.05) is 57.2 Å². The minimum Gasteiger partial charge on any atom is -0.348 e. The van der Waals surface area contributed by atoms with Gasteiger partial charge >= 0.3 is 0 Å². The first-order chi connectivity index (χ1) is 12.9. The molecule has 0 saturated carbocycles. The van der Waals surface area contributed by atoms with Crippen molar-refractivity contribution in [2.75, 3.05) is 0 Å². The minimum atomic E-state index is -0.604. The van der Waals surface area contributed by atoms with Crippen molar-refractivity contribution >= 4 is 33.4 Å². The van der Waals surface area contributed by atoms with Crippen LogP contribution in [-0.2, 0) is 11.3 Å². The Labute approximate surface area is 162 Å². The second-order valence-electron chi connectivity index (χ2n) is 6.85. The van der Waals surface area contributed by atoms with Crippen molar-refractivity contribution in [1.29, 1.82) is 0 Å². The summed E-state index contributed by atoms with van der Waals surface area (Å²) in [5.74, 6) is -0.483. The van der Waals surface area contributed by atoms with Crippen LogP contribution in [0.1, 0.15) is 34.8 Å². The maximum Gasteiger partial charge on any atom is 0.251 e. The largest absolute Gasteiger partial charge is 0.348 e. The van der Waals surface area contributed by atoms with Gasteiger partial charge in [0.05, 0.1) is 16.8 Å². The quantitative estimate of drug-likeness (QED) is 0.684. The molecule has 1 atom stereocenters. The number of nitrogens with zero attached hydrogens (tertiary/aromatic N) is 1. The van der Waals surface area contributed by atoms with E-state index in [2.05, 4.69) is 15.6 Å². The van der Waals surface area contributed by atoms with Gasteiger partial charge in [-0.2, -0.15) is 0 Å². The Kier molecular flexibility index (Phi) is 5.86. The monoisotopic (exact) mass is 381 g/mol. The SMILES string of the molecule is Cc1ccc(C(=O)NC(C(=O)NCc2nc3ccccc3s2)C(C)C)cc1. The Hall–Kier alpha value is -2.73. The summed E-state index contributed by atoms with van der Waals surface area (Å²) in [6.07, 6.45) is 0. The average Bonchev–Trinajstić information content (AvgIpc) is 3.07. The number of carbonyl (C=O) groups is 2. The van der Waals surface area contributed by atoms with Crippen molar-refractivity contribution in [3.63, 3.8) is 0 Å². The molecule has 0 aliphatic carbocycles. The third kappa shape index (κ3) is 4.71. The van der Waals surface area contributed by atoms with Gasteiger partial charge < -0.3 is 10.6 Å². The van der Waals surface area contributed by atoms with Crippen molar-refractivity contribution in [2.24, 2.45) is 5.92 Å². The lowest BCUT2D eigenvalue weighted by Gasteiger charge is -2.21. The number of thiazole rings is 1. The summed E-state index contributed by atoms with van der Waals surface area (Å²) in [4.78, 5) is 29.6. The lowest BCUT2D eigenvalue weighted by Crippen LogP contribution is -2.49. The van der Waals surface area contributed by atoms with E-state index < -0.39 is 6.04 Å². The Morgan fingerprint density at radius 2 is 1.78 bits per heavy atom. The normalized spacial score (nSPS) is 12.1.